The van der Waals surface area contributed by atoms with Gasteiger partial charge in [0.2, 0.25) is 0 Å². The highest BCUT2D eigenvalue weighted by molar-refractivity contribution is 5.95. The molecule has 2 aliphatic heterocycles. The second kappa shape index (κ2) is 5.80. The zero-order valence-corrected chi connectivity index (χ0v) is 13.7. The smallest absolute Gasteiger partial charge is 0.415 e. The summed E-state index contributed by atoms with van der Waals surface area (Å²) in [4.78, 5) is 24.6. The van der Waals surface area contributed by atoms with E-state index >= 15 is 0 Å². The summed E-state index contributed by atoms with van der Waals surface area (Å²) >= 11 is 0. The highest BCUT2D eigenvalue weighted by Gasteiger charge is 2.36. The Balaban J connectivity index is 1.70. The summed E-state index contributed by atoms with van der Waals surface area (Å²) in [6.45, 7) is 2.71. The second-order valence-electron chi connectivity index (χ2n) is 6.05. The number of benzene rings is 1. The Kier molecular flexibility index (Phi) is 3.60. The molecule has 1 saturated heterocycles. The molecule has 3 heterocycles. The number of ether oxygens (including phenoxy) is 2. The molecule has 2 aromatic rings. The van der Waals surface area contributed by atoms with Crippen molar-refractivity contribution in [2.24, 2.45) is 5.73 Å². The molecule has 0 saturated carbocycles. The zero-order valence-electron chi connectivity index (χ0n) is 13.7. The fourth-order valence-electron chi connectivity index (χ4n) is 3.26. The summed E-state index contributed by atoms with van der Waals surface area (Å²) in [5.41, 5.74) is 9.87. The number of nitrogens with two attached hydrogens (primary N) is 1. The SMILES string of the molecule is CCc1[nH]nc2c1CCOc1cc(N3C[C@H](C(N)=O)OC3=O)ccc1-2. The summed E-state index contributed by atoms with van der Waals surface area (Å²) in [6.07, 6.45) is 0.127. The first-order valence-corrected chi connectivity index (χ1v) is 8.19. The number of aryl methyl sites for hydroxylation is 1. The van der Waals surface area contributed by atoms with Crippen molar-refractivity contribution in [2.75, 3.05) is 18.1 Å². The fraction of sp³-hybridized carbons (Fsp3) is 0.353. The number of nitrogens with zero attached hydrogens (tertiary/aromatic N) is 2. The van der Waals surface area contributed by atoms with E-state index in [4.69, 9.17) is 15.2 Å². The maximum absolute atomic E-state index is 12.0. The van der Waals surface area contributed by atoms with Crippen LogP contribution in [0.5, 0.6) is 5.75 Å². The van der Waals surface area contributed by atoms with Crippen LogP contribution < -0.4 is 15.4 Å². The minimum absolute atomic E-state index is 0.0978. The van der Waals surface area contributed by atoms with Crippen LogP contribution in [0, 0.1) is 0 Å². The molecule has 1 fully saturated rings. The molecule has 2 amide bonds. The standard InChI is InChI=1S/C17H18N4O4/c1-2-12-10-5-6-24-13-7-9(3-4-11(13)15(10)20-19-12)21-8-14(16(18)22)25-17(21)23/h3-4,7,14H,2,5-6,8H2,1H3,(H2,18,22)(H,19,20)/t14-/m1/s1. The van der Waals surface area contributed by atoms with Gasteiger partial charge in [0.15, 0.2) is 6.10 Å². The van der Waals surface area contributed by atoms with Gasteiger partial charge >= 0.3 is 6.09 Å². The van der Waals surface area contributed by atoms with Gasteiger partial charge in [0.1, 0.15) is 5.75 Å². The normalized spacial score (nSPS) is 18.8. The van der Waals surface area contributed by atoms with Crippen molar-refractivity contribution in [1.29, 1.82) is 0 Å². The van der Waals surface area contributed by atoms with Gasteiger partial charge < -0.3 is 15.2 Å². The van der Waals surface area contributed by atoms with E-state index in [1.54, 1.807) is 12.1 Å². The molecule has 2 aliphatic rings. The zero-order chi connectivity index (χ0) is 17.6. The van der Waals surface area contributed by atoms with Crippen molar-refractivity contribution in [3.05, 3.63) is 29.5 Å². The van der Waals surface area contributed by atoms with Crippen LogP contribution in [0.3, 0.4) is 0 Å². The molecular weight excluding hydrogens is 324 g/mol. The van der Waals surface area contributed by atoms with E-state index in [1.807, 2.05) is 6.07 Å². The number of carbonyl (C=O) groups is 2. The number of amides is 2. The predicted molar refractivity (Wildman–Crippen MR) is 89.4 cm³/mol. The van der Waals surface area contributed by atoms with E-state index in [1.165, 1.54) is 10.5 Å². The van der Waals surface area contributed by atoms with Gasteiger partial charge in [-0.3, -0.25) is 14.8 Å². The number of aromatic amines is 1. The molecular formula is C17H18N4O4. The molecule has 4 rings (SSSR count). The van der Waals surface area contributed by atoms with Crippen molar-refractivity contribution < 1.29 is 19.1 Å². The summed E-state index contributed by atoms with van der Waals surface area (Å²) in [5.74, 6) is -0.00384. The lowest BCUT2D eigenvalue weighted by Gasteiger charge is -2.15. The van der Waals surface area contributed by atoms with Crippen LogP contribution in [0.25, 0.3) is 11.3 Å². The Labute approximate surface area is 143 Å². The minimum Gasteiger partial charge on any atom is -0.492 e. The van der Waals surface area contributed by atoms with Crippen LogP contribution >= 0.6 is 0 Å². The average Bonchev–Trinajstić information content (AvgIpc) is 3.13. The minimum atomic E-state index is -0.933. The predicted octanol–water partition coefficient (Wildman–Crippen LogP) is 1.38. The van der Waals surface area contributed by atoms with Gasteiger partial charge in [0.25, 0.3) is 5.91 Å². The summed E-state index contributed by atoms with van der Waals surface area (Å²) in [7, 11) is 0. The number of rotatable bonds is 3. The Morgan fingerprint density at radius 1 is 1.48 bits per heavy atom. The first kappa shape index (κ1) is 15.5. The third kappa shape index (κ3) is 2.50. The van der Waals surface area contributed by atoms with Crippen LogP contribution in [0.2, 0.25) is 0 Å². The van der Waals surface area contributed by atoms with Gasteiger partial charge in [0.05, 0.1) is 24.5 Å². The number of anilines is 1. The first-order chi connectivity index (χ1) is 12.1. The third-order valence-electron chi connectivity index (χ3n) is 4.58. The van der Waals surface area contributed by atoms with Gasteiger partial charge in [-0.2, -0.15) is 5.10 Å². The Bertz CT molecular complexity index is 860. The number of primary amides is 1. The Hall–Kier alpha value is -3.03. The van der Waals surface area contributed by atoms with Crippen molar-refractivity contribution >= 4 is 17.7 Å². The molecule has 0 radical (unpaired) electrons. The van der Waals surface area contributed by atoms with Crippen LogP contribution in [-0.4, -0.2) is 41.5 Å². The largest absolute Gasteiger partial charge is 0.492 e. The van der Waals surface area contributed by atoms with E-state index in [0.717, 1.165) is 29.8 Å². The summed E-state index contributed by atoms with van der Waals surface area (Å²) in [6, 6.07) is 5.44. The third-order valence-corrected chi connectivity index (χ3v) is 4.58. The monoisotopic (exact) mass is 342 g/mol. The van der Waals surface area contributed by atoms with E-state index in [-0.39, 0.29) is 6.54 Å². The van der Waals surface area contributed by atoms with Crippen molar-refractivity contribution in [3.8, 4) is 17.0 Å². The molecule has 0 spiro atoms. The van der Waals surface area contributed by atoms with Gasteiger partial charge in [-0.15, -0.1) is 0 Å². The molecule has 1 aromatic heterocycles. The average molecular weight is 342 g/mol. The first-order valence-electron chi connectivity index (χ1n) is 8.19. The Morgan fingerprint density at radius 3 is 3.04 bits per heavy atom. The lowest BCUT2D eigenvalue weighted by molar-refractivity contribution is -0.124. The quantitative estimate of drug-likeness (QED) is 0.875. The maximum atomic E-state index is 12.0. The number of cyclic esters (lactones) is 1. The van der Waals surface area contributed by atoms with Crippen molar-refractivity contribution in [2.45, 2.75) is 25.9 Å². The summed E-state index contributed by atoms with van der Waals surface area (Å²) < 4.78 is 10.9. The van der Waals surface area contributed by atoms with Gasteiger partial charge in [-0.25, -0.2) is 4.79 Å². The number of fused-ring (bicyclic) bond motifs is 3. The number of nitrogens with one attached hydrogen (secondary N) is 1. The van der Waals surface area contributed by atoms with Crippen molar-refractivity contribution in [1.82, 2.24) is 10.2 Å². The Morgan fingerprint density at radius 2 is 2.32 bits per heavy atom. The molecule has 0 bridgehead atoms. The highest BCUT2D eigenvalue weighted by Crippen LogP contribution is 2.38. The van der Waals surface area contributed by atoms with Crippen molar-refractivity contribution in [3.63, 3.8) is 0 Å². The van der Waals surface area contributed by atoms with E-state index in [0.29, 0.717) is 18.0 Å². The number of carbonyl (C=O) groups excluding carboxylic acids is 2. The number of hydrogen-bond donors (Lipinski definition) is 2. The van der Waals surface area contributed by atoms with E-state index in [2.05, 4.69) is 17.1 Å². The van der Waals surface area contributed by atoms with Gasteiger partial charge in [-0.05, 0) is 18.6 Å². The molecule has 0 aliphatic carbocycles. The van der Waals surface area contributed by atoms with Crippen LogP contribution in [0.1, 0.15) is 18.2 Å². The molecule has 3 N–H and O–H groups in total. The molecule has 0 unspecified atom stereocenters. The molecule has 1 aromatic carbocycles. The van der Waals surface area contributed by atoms with Crippen LogP contribution in [0.4, 0.5) is 10.5 Å². The number of hydrogen-bond acceptors (Lipinski definition) is 5. The topological polar surface area (TPSA) is 111 Å². The lowest BCUT2D eigenvalue weighted by Crippen LogP contribution is -2.32. The lowest BCUT2D eigenvalue weighted by atomic mass is 10.0. The van der Waals surface area contributed by atoms with Gasteiger partial charge in [0, 0.05) is 29.3 Å². The van der Waals surface area contributed by atoms with E-state index in [9.17, 15) is 9.59 Å². The number of aromatic nitrogens is 2. The van der Waals surface area contributed by atoms with Crippen LogP contribution in [-0.2, 0) is 22.4 Å². The fourth-order valence-corrected chi connectivity index (χ4v) is 3.26. The molecule has 8 nitrogen and oxygen atoms in total. The molecule has 1 atom stereocenters. The number of H-pyrrole nitrogens is 1. The summed E-state index contributed by atoms with van der Waals surface area (Å²) in [5, 5.41) is 7.52. The van der Waals surface area contributed by atoms with Crippen LogP contribution in [0.15, 0.2) is 18.2 Å². The molecule has 130 valence electrons. The maximum Gasteiger partial charge on any atom is 0.415 e. The van der Waals surface area contributed by atoms with E-state index < -0.39 is 18.1 Å². The second-order valence-corrected chi connectivity index (χ2v) is 6.05. The van der Waals surface area contributed by atoms with Gasteiger partial charge in [-0.1, -0.05) is 6.92 Å². The molecule has 25 heavy (non-hydrogen) atoms. The molecule has 8 heteroatoms. The highest BCUT2D eigenvalue weighted by atomic mass is 16.6.